The van der Waals surface area contributed by atoms with Gasteiger partial charge in [0.25, 0.3) is 0 Å². The predicted octanol–water partition coefficient (Wildman–Crippen LogP) is 8.91. The van der Waals surface area contributed by atoms with E-state index < -0.39 is 61.9 Å². The van der Waals surface area contributed by atoms with Gasteiger partial charge < -0.3 is 39.4 Å². The predicted molar refractivity (Wildman–Crippen MR) is 258 cm³/mol. The summed E-state index contributed by atoms with van der Waals surface area (Å²) in [6.45, 7) is 28.2. The summed E-state index contributed by atoms with van der Waals surface area (Å²) in [7, 11) is 11.0. The van der Waals surface area contributed by atoms with E-state index in [0.29, 0.717) is 13.0 Å². The zero-order valence-corrected chi connectivity index (χ0v) is 44.8. The Balaban J connectivity index is -0.000000240. The van der Waals surface area contributed by atoms with E-state index in [1.807, 2.05) is 0 Å². The molecule has 0 aliphatic rings. The molecule has 0 saturated carbocycles. The van der Waals surface area contributed by atoms with E-state index >= 15 is 0 Å². The molecule has 2 atom stereocenters. The molecule has 0 saturated heterocycles. The molecule has 0 aliphatic carbocycles. The quantitative estimate of drug-likeness (QED) is 0.0581. The minimum atomic E-state index is -1.09. The fourth-order valence-corrected chi connectivity index (χ4v) is 6.38. The van der Waals surface area contributed by atoms with Crippen molar-refractivity contribution in [3.8, 4) is 0 Å². The number of amides is 2. The van der Waals surface area contributed by atoms with E-state index in [2.05, 4.69) is 198 Å². The van der Waals surface area contributed by atoms with Gasteiger partial charge in [0.1, 0.15) is 17.2 Å². The molecule has 372 valence electrons. The van der Waals surface area contributed by atoms with Crippen LogP contribution in [-0.4, -0.2) is 85.9 Å². The number of allylic oxidation sites excluding steroid dienone is 2. The van der Waals surface area contributed by atoms with Gasteiger partial charge in [-0.05, 0) is 78.7 Å². The maximum Gasteiger partial charge on any atom is -0.0134 e. The third-order valence-electron chi connectivity index (χ3n) is 6.33. The van der Waals surface area contributed by atoms with Crippen LogP contribution in [0.5, 0.6) is 0 Å². The van der Waals surface area contributed by atoms with Crippen molar-refractivity contribution in [3.63, 3.8) is 0 Å². The van der Waals surface area contributed by atoms with Gasteiger partial charge in [-0.1, -0.05) is 97.9 Å². The van der Waals surface area contributed by atoms with Crippen molar-refractivity contribution in [2.75, 3.05) is 27.4 Å². The summed E-state index contributed by atoms with van der Waals surface area (Å²) in [4.78, 5) is 54.5. The maximum absolute atomic E-state index is 11.3. The van der Waals surface area contributed by atoms with Crippen LogP contribution < -0.4 is 26.5 Å². The first kappa shape index (κ1) is 70.1. The van der Waals surface area contributed by atoms with Crippen LogP contribution in [0.1, 0.15) is 68.7 Å². The van der Waals surface area contributed by atoms with E-state index in [9.17, 15) is 24.0 Å². The Morgan fingerprint density at radius 1 is 0.662 bits per heavy atom. The van der Waals surface area contributed by atoms with Crippen molar-refractivity contribution in [2.45, 2.75) is 92.0 Å². The molecule has 3 N–H and O–H groups in total. The molecule has 3 aromatic rings. The smallest absolute Gasteiger partial charge is 0.0134 e. The number of aliphatic hydroxyl groups is 1. The second-order valence-corrected chi connectivity index (χ2v) is 16.1. The summed E-state index contributed by atoms with van der Waals surface area (Å²) in [6.07, 6.45) is 2.08. The number of carbonyl (C=O) groups is 5. The van der Waals surface area contributed by atoms with E-state index in [0.717, 1.165) is 0 Å². The molecular formula is C47H69Cl2N2O11PPd2. The van der Waals surface area contributed by atoms with Gasteiger partial charge in [-0.25, -0.2) is 58.3 Å². The maximum atomic E-state index is 11.3. The second-order valence-electron chi connectivity index (χ2n) is 13.9. The Bertz CT molecular complexity index is 1520. The molecule has 0 heterocycles. The minimum absolute atomic E-state index is 0.211. The monoisotopic (exact) mass is 1150 g/mol. The van der Waals surface area contributed by atoms with Crippen molar-refractivity contribution >= 4 is 73.0 Å². The Kier molecular flexibility index (Phi) is 48.9. The summed E-state index contributed by atoms with van der Waals surface area (Å²) in [5, 5.41) is 17.6. The Morgan fingerprint density at radius 3 is 1.14 bits per heavy atom. The SMILES string of the molecule is C=C[CH2-].C=C[CH2-].CCC(NC(=O)OC(C)(C)C)C(=O)OC.CCOC(C)=O.COC(=O)C(CO)NC(=O)OC(C)(C)C.[Cl][Pd+].[Cl][Pd+].c1ccc(P(c2ccccc2)c2ccccc2)cc1. The van der Waals surface area contributed by atoms with Crippen LogP contribution in [0.25, 0.3) is 0 Å². The van der Waals surface area contributed by atoms with Gasteiger partial charge in [-0.2, -0.15) is 0 Å². The molecule has 2 amide bonds. The van der Waals surface area contributed by atoms with Gasteiger partial charge in [0.05, 0.1) is 27.4 Å². The molecule has 0 spiro atoms. The summed E-state index contributed by atoms with van der Waals surface area (Å²) in [6, 6.07) is 30.6. The Morgan fingerprint density at radius 2 is 0.938 bits per heavy atom. The number of aliphatic hydroxyl groups excluding tert-OH is 1. The molecule has 3 aromatic carbocycles. The van der Waals surface area contributed by atoms with Crippen molar-refractivity contribution in [2.24, 2.45) is 0 Å². The zero-order chi connectivity index (χ0) is 51.4. The first-order valence-corrected chi connectivity index (χ1v) is 24.9. The fourth-order valence-electron chi connectivity index (χ4n) is 4.07. The Labute approximate surface area is 419 Å². The van der Waals surface area contributed by atoms with Crippen molar-refractivity contribution < 1.29 is 89.1 Å². The molecule has 0 aromatic heterocycles. The molecule has 65 heavy (non-hydrogen) atoms. The number of carbonyl (C=O) groups excluding carboxylic acids is 5. The van der Waals surface area contributed by atoms with Gasteiger partial charge in [0.2, 0.25) is 0 Å². The summed E-state index contributed by atoms with van der Waals surface area (Å²) in [5.41, 5.74) is -1.22. The molecule has 0 fully saturated rings. The van der Waals surface area contributed by atoms with Crippen LogP contribution in [0, 0.1) is 13.8 Å². The van der Waals surface area contributed by atoms with Crippen LogP contribution >= 0.6 is 27.0 Å². The van der Waals surface area contributed by atoms with Crippen LogP contribution in [0.3, 0.4) is 0 Å². The number of esters is 3. The number of benzene rings is 3. The number of hydrogen-bond donors (Lipinski definition) is 3. The number of hydrogen-bond acceptors (Lipinski definition) is 11. The van der Waals surface area contributed by atoms with E-state index in [-0.39, 0.29) is 5.97 Å². The summed E-state index contributed by atoms with van der Waals surface area (Å²) in [5.74, 6) is -1.40. The van der Waals surface area contributed by atoms with Gasteiger partial charge in [0.15, 0.2) is 6.04 Å². The Hall–Kier alpha value is -3.88. The number of ether oxygens (including phenoxy) is 5. The van der Waals surface area contributed by atoms with Crippen LogP contribution in [0.4, 0.5) is 9.59 Å². The van der Waals surface area contributed by atoms with E-state index in [1.165, 1.54) is 49.2 Å². The summed E-state index contributed by atoms with van der Waals surface area (Å²) < 4.78 is 23.2. The molecule has 13 nitrogen and oxygen atoms in total. The standard InChI is InChI=1S/C18H15P.C10H19NO4.C9H17NO5.C4H8O2.2C3H5.2ClH.2Pd/c1-4-10-16(11-5-1)19(17-12-6-2-7-13-17)18-14-8-3-9-15-18;1-6-7(8(12)14-5)11-9(13)15-10(2,3)4;1-9(2,3)15-8(13)10-6(5-11)7(12)14-4;1-3-6-4(2)5;2*1-3-2;;;;/h1-15H;7H,6H2,1-5H3,(H,11,13);6,11H,5H2,1-4H3,(H,10,13);3H2,1-2H3;2*3H,1-2H2;2*1H;;/q;;;;2*-1;;;2*+2/p-2. The minimum Gasteiger partial charge on any atom is -0.0622 e. The molecule has 18 heteroatoms. The fraction of sp³-hybridized carbons (Fsp3) is 0.383. The van der Waals surface area contributed by atoms with Crippen molar-refractivity contribution in [1.82, 2.24) is 10.6 Å². The largest absolute Gasteiger partial charge is 0.0622 e. The average Bonchev–Trinajstić information content (AvgIpc) is 3.27. The van der Waals surface area contributed by atoms with Gasteiger partial charge >= 0.3 is 85.5 Å². The van der Waals surface area contributed by atoms with Crippen molar-refractivity contribution in [3.05, 3.63) is 130 Å². The molecule has 0 aliphatic heterocycles. The third kappa shape index (κ3) is 42.5. The number of alkyl carbamates (subject to hydrolysis) is 2. The first-order valence-electron chi connectivity index (χ1n) is 19.5. The average molecular weight is 1150 g/mol. The zero-order valence-electron chi connectivity index (χ0n) is 39.3. The molecule has 0 radical (unpaired) electrons. The first-order chi connectivity index (χ1) is 30.6. The number of halogens is 2. The number of nitrogens with one attached hydrogen (secondary N) is 2. The molecular weight excluding hydrogens is 1080 g/mol. The van der Waals surface area contributed by atoms with Crippen LogP contribution in [0.2, 0.25) is 0 Å². The van der Waals surface area contributed by atoms with E-state index in [4.69, 9.17) is 14.6 Å². The number of rotatable bonds is 10. The van der Waals surface area contributed by atoms with Crippen molar-refractivity contribution in [1.29, 1.82) is 0 Å². The summed E-state index contributed by atoms with van der Waals surface area (Å²) >= 11 is 4.44. The number of methoxy groups -OCH3 is 2. The topological polar surface area (TPSA) is 176 Å². The third-order valence-corrected chi connectivity index (χ3v) is 8.78. The molecule has 3 rings (SSSR count). The molecule has 2 unspecified atom stereocenters. The van der Waals surface area contributed by atoms with Gasteiger partial charge in [-0.3, -0.25) is 4.79 Å². The molecule has 0 bridgehead atoms. The van der Waals surface area contributed by atoms with Gasteiger partial charge in [-0.15, -0.1) is 0 Å². The van der Waals surface area contributed by atoms with Gasteiger partial charge in [0, 0.05) is 6.92 Å². The normalized spacial score (nSPS) is 10.3. The van der Waals surface area contributed by atoms with Crippen LogP contribution in [0.15, 0.2) is 116 Å². The second kappa shape index (κ2) is 45.3. The van der Waals surface area contributed by atoms with Crippen LogP contribution in [-0.2, 0) is 74.4 Å². The van der Waals surface area contributed by atoms with E-state index in [1.54, 1.807) is 55.4 Å².